The van der Waals surface area contributed by atoms with E-state index < -0.39 is 0 Å². The third-order valence-corrected chi connectivity index (χ3v) is 3.04. The summed E-state index contributed by atoms with van der Waals surface area (Å²) in [5.41, 5.74) is 0. The summed E-state index contributed by atoms with van der Waals surface area (Å²) >= 11 is 0. The van der Waals surface area contributed by atoms with Crippen LogP contribution in [0.5, 0.6) is 0 Å². The van der Waals surface area contributed by atoms with Crippen LogP contribution in [-0.2, 0) is 49.6 Å². The van der Waals surface area contributed by atoms with Gasteiger partial charge in [0.2, 0.25) is 5.91 Å². The fourth-order valence-corrected chi connectivity index (χ4v) is 1.76. The number of carbonyl (C=O) groups is 1. The molecule has 1 N–H and O–H groups in total. The molecule has 0 bridgehead atoms. The quantitative estimate of drug-likeness (QED) is 0.184. The number of nitrogens with one attached hydrogen (secondary N) is 1. The van der Waals surface area contributed by atoms with E-state index in [2.05, 4.69) is 19.2 Å². The molecule has 0 atom stereocenters. The zero-order chi connectivity index (χ0) is 21.7. The smallest absolute Gasteiger partial charge is 0.542 e. The zero-order valence-corrected chi connectivity index (χ0v) is 21.9. The summed E-state index contributed by atoms with van der Waals surface area (Å²) in [5, 5.41) is 2.83. The van der Waals surface area contributed by atoms with Gasteiger partial charge in [-0.05, 0) is 6.42 Å². The molecular weight excluding hydrogens is 546 g/mol. The second-order valence-electron chi connectivity index (χ2n) is 5.15. The van der Waals surface area contributed by atoms with E-state index >= 15 is 0 Å². The molecule has 174 valence electrons. The van der Waals surface area contributed by atoms with Gasteiger partial charge in [-0.15, -0.1) is 6.42 Å². The van der Waals surface area contributed by atoms with Crippen molar-refractivity contribution in [3.8, 4) is 0 Å². The first kappa shape index (κ1) is 36.1. The van der Waals surface area contributed by atoms with E-state index in [0.29, 0.717) is 72.2 Å². The van der Waals surface area contributed by atoms with Gasteiger partial charge in [-0.2, -0.15) is 6.92 Å². The molecule has 0 aromatic heterocycles. The number of ether oxygens (including phenoxy) is 4. The maximum atomic E-state index is 11.4. The van der Waals surface area contributed by atoms with Gasteiger partial charge in [0.05, 0.1) is 46.2 Å². The molecule has 0 aliphatic rings. The molecule has 0 spiro atoms. The van der Waals surface area contributed by atoms with Crippen molar-refractivity contribution in [2.45, 2.75) is 59.8 Å². The van der Waals surface area contributed by atoms with Crippen molar-refractivity contribution in [1.82, 2.24) is 5.32 Å². The van der Waals surface area contributed by atoms with Crippen molar-refractivity contribution in [2.75, 3.05) is 59.4 Å². The summed E-state index contributed by atoms with van der Waals surface area (Å²) in [6, 6.07) is 0. The molecule has 0 aliphatic carbocycles. The van der Waals surface area contributed by atoms with Gasteiger partial charge in [0.1, 0.15) is 0 Å². The molecule has 0 heterocycles. The summed E-state index contributed by atoms with van der Waals surface area (Å²) in [5.74, 6) is 0.0914. The SMILES string of the molecule is CC.CCCCCC(=O)NCCOCCOCCOCCOCC[C-]=O.[CH2-]C.[W+2]. The normalized spacial score (nSPS) is 9.28. The van der Waals surface area contributed by atoms with Crippen molar-refractivity contribution in [1.29, 1.82) is 0 Å². The molecule has 8 heteroatoms. The Morgan fingerprint density at radius 2 is 1.28 bits per heavy atom. The summed E-state index contributed by atoms with van der Waals surface area (Å²) in [6.07, 6.45) is 5.81. The summed E-state index contributed by atoms with van der Waals surface area (Å²) in [6.45, 7) is 15.5. The van der Waals surface area contributed by atoms with Crippen LogP contribution in [0.2, 0.25) is 0 Å². The van der Waals surface area contributed by atoms with Crippen LogP contribution in [0.4, 0.5) is 0 Å². The first-order valence-electron chi connectivity index (χ1n) is 10.4. The van der Waals surface area contributed by atoms with Crippen LogP contribution in [0.1, 0.15) is 59.8 Å². The van der Waals surface area contributed by atoms with Crippen LogP contribution in [0.15, 0.2) is 0 Å². The average Bonchev–Trinajstić information content (AvgIpc) is 2.74. The van der Waals surface area contributed by atoms with Gasteiger partial charge in [0.25, 0.3) is 0 Å². The molecule has 0 aromatic rings. The Morgan fingerprint density at radius 1 is 0.828 bits per heavy atom. The van der Waals surface area contributed by atoms with Crippen molar-refractivity contribution < 1.29 is 49.6 Å². The molecule has 0 radical (unpaired) electrons. The standard InChI is InChI=1S/C17H32NO6.C2H6.C2H5.W/c1-2-3-4-6-17(20)18-7-10-22-12-14-24-16-15-23-13-11-21-9-5-8-19;2*1-2;/h2-7,9-16H2,1H3,(H,18,20);1-2H3;1H2,2H3;/q-1;;-1;+2. The minimum absolute atomic E-state index is 0. The van der Waals surface area contributed by atoms with E-state index in [9.17, 15) is 9.59 Å². The summed E-state index contributed by atoms with van der Waals surface area (Å²) in [7, 11) is 0. The second-order valence-corrected chi connectivity index (χ2v) is 5.15. The number of amides is 1. The molecule has 0 aromatic carbocycles. The average molecular weight is 589 g/mol. The van der Waals surface area contributed by atoms with Crippen LogP contribution < -0.4 is 5.32 Å². The third-order valence-electron chi connectivity index (χ3n) is 3.04. The van der Waals surface area contributed by atoms with Crippen molar-refractivity contribution >= 4 is 12.2 Å². The number of hydrogen-bond donors (Lipinski definition) is 1. The first-order valence-corrected chi connectivity index (χ1v) is 10.4. The summed E-state index contributed by atoms with van der Waals surface area (Å²) < 4.78 is 21.1. The predicted octanol–water partition coefficient (Wildman–Crippen LogP) is 3.11. The van der Waals surface area contributed by atoms with Crippen molar-refractivity contribution in [3.63, 3.8) is 0 Å². The monoisotopic (exact) mass is 589 g/mol. The fourth-order valence-electron chi connectivity index (χ4n) is 1.76. The summed E-state index contributed by atoms with van der Waals surface area (Å²) in [4.78, 5) is 21.3. The van der Waals surface area contributed by atoms with Gasteiger partial charge in [0.15, 0.2) is 0 Å². The van der Waals surface area contributed by atoms with E-state index in [1.807, 2.05) is 13.8 Å². The molecule has 0 saturated heterocycles. The minimum atomic E-state index is 0. The van der Waals surface area contributed by atoms with Gasteiger partial charge < -0.3 is 36.0 Å². The Balaban J connectivity index is -0.000000584. The van der Waals surface area contributed by atoms with Crippen LogP contribution in [-0.4, -0.2) is 71.6 Å². The van der Waals surface area contributed by atoms with Crippen LogP contribution >= 0.6 is 0 Å². The zero-order valence-electron chi connectivity index (χ0n) is 19.0. The van der Waals surface area contributed by atoms with Gasteiger partial charge >= 0.3 is 21.1 Å². The largest absolute Gasteiger partial charge is 2.00 e. The Labute approximate surface area is 193 Å². The third kappa shape index (κ3) is 38.8. The van der Waals surface area contributed by atoms with Gasteiger partial charge in [-0.3, -0.25) is 11.1 Å². The first-order chi connectivity index (χ1) is 13.8. The van der Waals surface area contributed by atoms with E-state index in [1.54, 1.807) is 13.2 Å². The molecule has 0 fully saturated rings. The van der Waals surface area contributed by atoms with Crippen molar-refractivity contribution in [3.05, 3.63) is 6.92 Å². The molecular formula is C21H43NO6W. The Morgan fingerprint density at radius 3 is 1.72 bits per heavy atom. The fraction of sp³-hybridized carbons (Fsp3) is 0.857. The second kappa shape index (κ2) is 38.3. The van der Waals surface area contributed by atoms with Gasteiger partial charge in [-0.25, -0.2) is 0 Å². The number of carbonyl (C=O) groups excluding carboxylic acids is 2. The molecule has 1 amide bonds. The number of rotatable bonds is 19. The predicted molar refractivity (Wildman–Crippen MR) is 113 cm³/mol. The van der Waals surface area contributed by atoms with E-state index in [4.69, 9.17) is 18.9 Å². The van der Waals surface area contributed by atoms with Gasteiger partial charge in [-0.1, -0.05) is 33.6 Å². The molecule has 29 heavy (non-hydrogen) atoms. The Kier molecular flexibility index (Phi) is 47.6. The molecule has 0 unspecified atom stereocenters. The molecule has 0 saturated carbocycles. The van der Waals surface area contributed by atoms with Crippen LogP contribution in [0.3, 0.4) is 0 Å². The van der Waals surface area contributed by atoms with Crippen molar-refractivity contribution in [2.24, 2.45) is 0 Å². The maximum Gasteiger partial charge on any atom is 2.00 e. The number of unbranched alkanes of at least 4 members (excludes halogenated alkanes) is 2. The van der Waals surface area contributed by atoms with Crippen LogP contribution in [0.25, 0.3) is 0 Å². The van der Waals surface area contributed by atoms with Gasteiger partial charge in [0, 0.05) is 19.6 Å². The molecule has 0 rings (SSSR count). The van der Waals surface area contributed by atoms with Crippen LogP contribution in [0, 0.1) is 6.92 Å². The number of hydrogen-bond acceptors (Lipinski definition) is 6. The maximum absolute atomic E-state index is 11.4. The Bertz CT molecular complexity index is 296. The van der Waals surface area contributed by atoms with E-state index in [-0.39, 0.29) is 27.0 Å². The van der Waals surface area contributed by atoms with E-state index in [0.717, 1.165) is 19.3 Å². The minimum Gasteiger partial charge on any atom is -0.542 e. The Hall–Kier alpha value is -0.332. The molecule has 0 aliphatic heterocycles. The van der Waals surface area contributed by atoms with E-state index in [1.165, 1.54) is 0 Å². The molecule has 7 nitrogen and oxygen atoms in total. The topological polar surface area (TPSA) is 83.1 Å².